The van der Waals surface area contributed by atoms with E-state index >= 15 is 0 Å². The van der Waals surface area contributed by atoms with Crippen molar-refractivity contribution in [1.82, 2.24) is 0 Å². The lowest BCUT2D eigenvalue weighted by Crippen LogP contribution is -2.26. The third-order valence-corrected chi connectivity index (χ3v) is 2.60. The van der Waals surface area contributed by atoms with Gasteiger partial charge in [0.15, 0.2) is 6.29 Å². The first-order valence-corrected chi connectivity index (χ1v) is 5.39. The van der Waals surface area contributed by atoms with Gasteiger partial charge in [0.05, 0.1) is 19.3 Å². The summed E-state index contributed by atoms with van der Waals surface area (Å²) < 4.78 is 10.5. The minimum Gasteiger partial charge on any atom is -0.390 e. The van der Waals surface area contributed by atoms with Crippen molar-refractivity contribution >= 4 is 0 Å². The topological polar surface area (TPSA) is 58.9 Å². The van der Waals surface area contributed by atoms with Crippen molar-refractivity contribution in [3.8, 4) is 0 Å². The first kappa shape index (κ1) is 11.5. The van der Waals surface area contributed by atoms with Crippen molar-refractivity contribution in [3.05, 3.63) is 35.9 Å². The minimum absolute atomic E-state index is 0.263. The van der Waals surface area contributed by atoms with E-state index in [1.54, 1.807) is 0 Å². The highest BCUT2D eigenvalue weighted by atomic mass is 16.6. The largest absolute Gasteiger partial charge is 0.390 e. The van der Waals surface area contributed by atoms with Crippen LogP contribution in [0.3, 0.4) is 0 Å². The molecule has 4 heteroatoms. The highest BCUT2D eigenvalue weighted by Gasteiger charge is 2.32. The lowest BCUT2D eigenvalue weighted by Gasteiger charge is -2.13. The van der Waals surface area contributed by atoms with E-state index in [9.17, 15) is 5.11 Å². The number of hydrogen-bond donors (Lipinski definition) is 2. The molecule has 0 saturated carbocycles. The van der Waals surface area contributed by atoms with Gasteiger partial charge >= 0.3 is 0 Å². The fraction of sp³-hybridized carbons (Fsp3) is 0.500. The van der Waals surface area contributed by atoms with Gasteiger partial charge in [-0.05, 0) is 5.56 Å². The van der Waals surface area contributed by atoms with Crippen LogP contribution >= 0.6 is 0 Å². The number of aliphatic hydroxyl groups is 2. The molecule has 0 aliphatic carbocycles. The predicted octanol–water partition coefficient (Wildman–Crippen LogP) is 0.671. The molecule has 0 bridgehead atoms. The Hall–Kier alpha value is -0.940. The lowest BCUT2D eigenvalue weighted by atomic mass is 10.2. The molecule has 1 aromatic rings. The smallest absolute Gasteiger partial charge is 0.157 e. The number of hydrogen-bond acceptors (Lipinski definition) is 4. The van der Waals surface area contributed by atoms with E-state index in [1.807, 2.05) is 30.3 Å². The van der Waals surface area contributed by atoms with Crippen molar-refractivity contribution in [3.63, 3.8) is 0 Å². The van der Waals surface area contributed by atoms with Crippen LogP contribution in [-0.2, 0) is 16.1 Å². The molecule has 0 aromatic heterocycles. The molecule has 4 nitrogen and oxygen atoms in total. The Bertz CT molecular complexity index is 314. The molecule has 16 heavy (non-hydrogen) atoms. The van der Waals surface area contributed by atoms with Gasteiger partial charge in [0.1, 0.15) is 6.10 Å². The number of rotatable bonds is 4. The molecule has 1 fully saturated rings. The molecule has 0 spiro atoms. The third kappa shape index (κ3) is 3.02. The Labute approximate surface area is 94.4 Å². The molecule has 2 N–H and O–H groups in total. The van der Waals surface area contributed by atoms with Crippen LogP contribution in [0.5, 0.6) is 0 Å². The molecule has 1 aliphatic heterocycles. The summed E-state index contributed by atoms with van der Waals surface area (Å²) in [5, 5.41) is 18.6. The molecule has 0 radical (unpaired) electrons. The summed E-state index contributed by atoms with van der Waals surface area (Å²) in [5.74, 6) is 0. The second kappa shape index (κ2) is 5.41. The first-order valence-electron chi connectivity index (χ1n) is 5.39. The zero-order valence-corrected chi connectivity index (χ0v) is 8.95. The van der Waals surface area contributed by atoms with Crippen LogP contribution in [0.25, 0.3) is 0 Å². The average Bonchev–Trinajstić information content (AvgIpc) is 2.59. The van der Waals surface area contributed by atoms with Crippen LogP contribution < -0.4 is 0 Å². The molecule has 1 aromatic carbocycles. The van der Waals surface area contributed by atoms with Crippen molar-refractivity contribution in [2.24, 2.45) is 0 Å². The monoisotopic (exact) mass is 224 g/mol. The van der Waals surface area contributed by atoms with Crippen LogP contribution in [0.4, 0.5) is 0 Å². The predicted molar refractivity (Wildman–Crippen MR) is 57.6 cm³/mol. The number of ether oxygens (including phenoxy) is 2. The molecular weight excluding hydrogens is 208 g/mol. The van der Waals surface area contributed by atoms with Gasteiger partial charge in [-0.15, -0.1) is 0 Å². The van der Waals surface area contributed by atoms with E-state index in [2.05, 4.69) is 0 Å². The van der Waals surface area contributed by atoms with Crippen molar-refractivity contribution in [1.29, 1.82) is 0 Å². The fourth-order valence-electron chi connectivity index (χ4n) is 1.72. The Kier molecular flexibility index (Phi) is 3.90. The van der Waals surface area contributed by atoms with Gasteiger partial charge in [0, 0.05) is 6.42 Å². The van der Waals surface area contributed by atoms with Gasteiger partial charge in [-0.3, -0.25) is 0 Å². The molecule has 2 rings (SSSR count). The summed E-state index contributed by atoms with van der Waals surface area (Å²) in [5.41, 5.74) is 1.08. The Morgan fingerprint density at radius 1 is 1.25 bits per heavy atom. The van der Waals surface area contributed by atoms with Crippen molar-refractivity contribution in [2.45, 2.75) is 31.5 Å². The minimum atomic E-state index is -0.861. The Morgan fingerprint density at radius 2 is 2.00 bits per heavy atom. The maximum Gasteiger partial charge on any atom is 0.157 e. The molecule has 88 valence electrons. The van der Waals surface area contributed by atoms with Gasteiger partial charge < -0.3 is 19.7 Å². The Balaban J connectivity index is 1.72. The van der Waals surface area contributed by atoms with Gasteiger partial charge in [0.25, 0.3) is 0 Å². The van der Waals surface area contributed by atoms with Crippen LogP contribution in [0, 0.1) is 0 Å². The standard InChI is InChI=1S/C12H16O4/c13-10-6-12(14)16-11(10)8-15-7-9-4-2-1-3-5-9/h1-5,10-14H,6-8H2. The van der Waals surface area contributed by atoms with Gasteiger partial charge in [-0.1, -0.05) is 30.3 Å². The second-order valence-corrected chi connectivity index (χ2v) is 3.93. The normalized spacial score (nSPS) is 29.5. The lowest BCUT2D eigenvalue weighted by molar-refractivity contribution is -0.117. The quantitative estimate of drug-likeness (QED) is 0.789. The van der Waals surface area contributed by atoms with Gasteiger partial charge in [0.2, 0.25) is 0 Å². The fourth-order valence-corrected chi connectivity index (χ4v) is 1.72. The van der Waals surface area contributed by atoms with Crippen LogP contribution in [0.2, 0.25) is 0 Å². The van der Waals surface area contributed by atoms with Crippen molar-refractivity contribution in [2.75, 3.05) is 6.61 Å². The summed E-state index contributed by atoms with van der Waals surface area (Å²) in [6.45, 7) is 0.788. The van der Waals surface area contributed by atoms with Crippen LogP contribution in [0.15, 0.2) is 30.3 Å². The SMILES string of the molecule is OC1CC(O)C(COCc2ccccc2)O1. The highest BCUT2D eigenvalue weighted by Crippen LogP contribution is 2.19. The Morgan fingerprint density at radius 3 is 2.62 bits per heavy atom. The molecular formula is C12H16O4. The third-order valence-electron chi connectivity index (χ3n) is 2.60. The molecule has 3 unspecified atom stereocenters. The van der Waals surface area contributed by atoms with E-state index in [1.165, 1.54) is 0 Å². The molecule has 0 amide bonds. The summed E-state index contributed by atoms with van der Waals surface area (Å²) in [6.07, 6.45) is -1.65. The van der Waals surface area contributed by atoms with E-state index in [0.29, 0.717) is 13.2 Å². The maximum absolute atomic E-state index is 9.49. The number of benzene rings is 1. The summed E-state index contributed by atoms with van der Waals surface area (Å²) >= 11 is 0. The van der Waals surface area contributed by atoms with Crippen molar-refractivity contribution < 1.29 is 19.7 Å². The van der Waals surface area contributed by atoms with Gasteiger partial charge in [-0.2, -0.15) is 0 Å². The molecule has 1 heterocycles. The van der Waals surface area contributed by atoms with E-state index < -0.39 is 18.5 Å². The molecule has 1 saturated heterocycles. The van der Waals surface area contributed by atoms with E-state index in [0.717, 1.165) is 5.56 Å². The van der Waals surface area contributed by atoms with Crippen LogP contribution in [-0.4, -0.2) is 35.3 Å². The number of aliphatic hydroxyl groups excluding tert-OH is 2. The van der Waals surface area contributed by atoms with Crippen LogP contribution in [0.1, 0.15) is 12.0 Å². The first-order chi connectivity index (χ1) is 7.75. The summed E-state index contributed by atoms with van der Waals surface area (Å²) in [7, 11) is 0. The van der Waals surface area contributed by atoms with E-state index in [-0.39, 0.29) is 6.42 Å². The average molecular weight is 224 g/mol. The molecule has 3 atom stereocenters. The zero-order valence-electron chi connectivity index (χ0n) is 8.95. The molecule has 1 aliphatic rings. The summed E-state index contributed by atoms with van der Waals surface area (Å²) in [4.78, 5) is 0. The highest BCUT2D eigenvalue weighted by molar-refractivity contribution is 5.13. The zero-order chi connectivity index (χ0) is 11.4. The maximum atomic E-state index is 9.49. The van der Waals surface area contributed by atoms with E-state index in [4.69, 9.17) is 14.6 Å². The summed E-state index contributed by atoms with van der Waals surface area (Å²) in [6, 6.07) is 9.79. The second-order valence-electron chi connectivity index (χ2n) is 3.93. The van der Waals surface area contributed by atoms with Gasteiger partial charge in [-0.25, -0.2) is 0 Å².